The SMILES string of the molecule is CNC(CC1CCOCC1)c1csc(C)n1. The minimum atomic E-state index is 0.410. The van der Waals surface area contributed by atoms with E-state index in [1.165, 1.54) is 25.0 Å². The Labute approximate surface area is 101 Å². The molecule has 1 aliphatic heterocycles. The molecule has 1 aliphatic rings. The molecule has 3 nitrogen and oxygen atoms in total. The lowest BCUT2D eigenvalue weighted by Crippen LogP contribution is -2.24. The summed E-state index contributed by atoms with van der Waals surface area (Å²) in [5.74, 6) is 0.785. The van der Waals surface area contributed by atoms with Crippen molar-refractivity contribution < 1.29 is 4.74 Å². The van der Waals surface area contributed by atoms with E-state index in [1.807, 2.05) is 7.05 Å². The second-order valence-corrected chi connectivity index (χ2v) is 5.49. The number of thiazole rings is 1. The lowest BCUT2D eigenvalue weighted by Gasteiger charge is -2.25. The van der Waals surface area contributed by atoms with Crippen LogP contribution in [-0.2, 0) is 4.74 Å². The standard InChI is InChI=1S/C12H20N2OS/c1-9-14-12(8-16-9)11(13-2)7-10-3-5-15-6-4-10/h8,10-11,13H,3-7H2,1-2H3. The molecule has 16 heavy (non-hydrogen) atoms. The highest BCUT2D eigenvalue weighted by atomic mass is 32.1. The molecule has 1 fully saturated rings. The van der Waals surface area contributed by atoms with Crippen molar-refractivity contribution in [1.82, 2.24) is 10.3 Å². The van der Waals surface area contributed by atoms with Crippen LogP contribution in [0.1, 0.15) is 36.0 Å². The van der Waals surface area contributed by atoms with Gasteiger partial charge in [-0.15, -0.1) is 11.3 Å². The number of aryl methyl sites for hydroxylation is 1. The van der Waals surface area contributed by atoms with Crippen molar-refractivity contribution in [3.05, 3.63) is 16.1 Å². The van der Waals surface area contributed by atoms with Crippen LogP contribution in [-0.4, -0.2) is 25.2 Å². The van der Waals surface area contributed by atoms with Gasteiger partial charge in [0.1, 0.15) is 0 Å². The topological polar surface area (TPSA) is 34.1 Å². The number of nitrogens with zero attached hydrogens (tertiary/aromatic N) is 1. The van der Waals surface area contributed by atoms with Crippen molar-refractivity contribution in [2.45, 2.75) is 32.2 Å². The maximum absolute atomic E-state index is 5.39. The summed E-state index contributed by atoms with van der Waals surface area (Å²) in [6.07, 6.45) is 3.58. The van der Waals surface area contributed by atoms with Gasteiger partial charge in [0.15, 0.2) is 0 Å². The number of rotatable bonds is 4. The van der Waals surface area contributed by atoms with Gasteiger partial charge in [0.2, 0.25) is 0 Å². The lowest BCUT2D eigenvalue weighted by atomic mass is 9.91. The monoisotopic (exact) mass is 240 g/mol. The van der Waals surface area contributed by atoms with Crippen molar-refractivity contribution in [1.29, 1.82) is 0 Å². The highest BCUT2D eigenvalue weighted by Gasteiger charge is 2.20. The zero-order chi connectivity index (χ0) is 11.4. The van der Waals surface area contributed by atoms with Crippen LogP contribution in [0, 0.1) is 12.8 Å². The van der Waals surface area contributed by atoms with E-state index in [4.69, 9.17) is 4.74 Å². The van der Waals surface area contributed by atoms with E-state index in [0.717, 1.165) is 24.1 Å². The van der Waals surface area contributed by atoms with Gasteiger partial charge in [-0.2, -0.15) is 0 Å². The normalized spacial score (nSPS) is 19.9. The summed E-state index contributed by atoms with van der Waals surface area (Å²) in [7, 11) is 2.03. The quantitative estimate of drug-likeness (QED) is 0.878. The summed E-state index contributed by atoms with van der Waals surface area (Å²) in [5.41, 5.74) is 1.21. The first-order valence-electron chi connectivity index (χ1n) is 5.96. The molecule has 1 unspecified atom stereocenters. The highest BCUT2D eigenvalue weighted by Crippen LogP contribution is 2.27. The van der Waals surface area contributed by atoms with Crippen molar-refractivity contribution in [2.24, 2.45) is 5.92 Å². The van der Waals surface area contributed by atoms with E-state index >= 15 is 0 Å². The fourth-order valence-corrected chi connectivity index (χ4v) is 2.91. The number of ether oxygens (including phenoxy) is 1. The van der Waals surface area contributed by atoms with E-state index in [2.05, 4.69) is 22.6 Å². The Balaban J connectivity index is 1.94. The molecular formula is C12H20N2OS. The van der Waals surface area contributed by atoms with Crippen molar-refractivity contribution >= 4 is 11.3 Å². The van der Waals surface area contributed by atoms with Crippen LogP contribution in [0.15, 0.2) is 5.38 Å². The third kappa shape index (κ3) is 3.03. The third-order valence-corrected chi connectivity index (χ3v) is 4.04. The molecule has 0 radical (unpaired) electrons. The van der Waals surface area contributed by atoms with Crippen LogP contribution in [0.3, 0.4) is 0 Å². The smallest absolute Gasteiger partial charge is 0.0898 e. The summed E-state index contributed by atoms with van der Waals surface area (Å²) in [6, 6.07) is 0.410. The molecule has 0 spiro atoms. The lowest BCUT2D eigenvalue weighted by molar-refractivity contribution is 0.0606. The molecule has 1 aromatic rings. The molecule has 0 aliphatic carbocycles. The second-order valence-electron chi connectivity index (χ2n) is 4.42. The molecular weight excluding hydrogens is 220 g/mol. The van der Waals surface area contributed by atoms with Crippen LogP contribution in [0.4, 0.5) is 0 Å². The van der Waals surface area contributed by atoms with E-state index in [9.17, 15) is 0 Å². The van der Waals surface area contributed by atoms with E-state index < -0.39 is 0 Å². The van der Waals surface area contributed by atoms with E-state index in [1.54, 1.807) is 11.3 Å². The van der Waals surface area contributed by atoms with Crippen LogP contribution in [0.5, 0.6) is 0 Å². The maximum atomic E-state index is 5.39. The van der Waals surface area contributed by atoms with Gasteiger partial charge in [-0.05, 0) is 39.2 Å². The summed E-state index contributed by atoms with van der Waals surface area (Å²) in [5, 5.41) is 6.71. The minimum Gasteiger partial charge on any atom is -0.381 e. The van der Waals surface area contributed by atoms with Gasteiger partial charge in [-0.1, -0.05) is 0 Å². The molecule has 1 saturated heterocycles. The van der Waals surface area contributed by atoms with Crippen LogP contribution in [0.2, 0.25) is 0 Å². The third-order valence-electron chi connectivity index (χ3n) is 3.25. The largest absolute Gasteiger partial charge is 0.381 e. The van der Waals surface area contributed by atoms with Crippen LogP contribution in [0.25, 0.3) is 0 Å². The van der Waals surface area contributed by atoms with Gasteiger partial charge in [0.25, 0.3) is 0 Å². The predicted octanol–water partition coefficient (Wildman–Crippen LogP) is 2.53. The summed E-state index contributed by atoms with van der Waals surface area (Å²) >= 11 is 1.73. The predicted molar refractivity (Wildman–Crippen MR) is 66.8 cm³/mol. The molecule has 2 heterocycles. The summed E-state index contributed by atoms with van der Waals surface area (Å²) < 4.78 is 5.39. The molecule has 4 heteroatoms. The van der Waals surface area contributed by atoms with Crippen molar-refractivity contribution in [3.8, 4) is 0 Å². The van der Waals surface area contributed by atoms with Gasteiger partial charge in [0.05, 0.1) is 16.7 Å². The first kappa shape index (κ1) is 12.0. The number of hydrogen-bond acceptors (Lipinski definition) is 4. The maximum Gasteiger partial charge on any atom is 0.0898 e. The average molecular weight is 240 g/mol. The Bertz CT molecular complexity index is 321. The molecule has 1 N–H and O–H groups in total. The fraction of sp³-hybridized carbons (Fsp3) is 0.750. The average Bonchev–Trinajstić information content (AvgIpc) is 2.74. The number of aromatic nitrogens is 1. The van der Waals surface area contributed by atoms with Crippen molar-refractivity contribution in [2.75, 3.05) is 20.3 Å². The number of nitrogens with one attached hydrogen (secondary N) is 1. The van der Waals surface area contributed by atoms with Gasteiger partial charge < -0.3 is 10.1 Å². The van der Waals surface area contributed by atoms with Gasteiger partial charge in [-0.25, -0.2) is 4.98 Å². The Morgan fingerprint density at radius 2 is 2.31 bits per heavy atom. The van der Waals surface area contributed by atoms with E-state index in [0.29, 0.717) is 6.04 Å². The molecule has 1 aromatic heterocycles. The molecule has 0 bridgehead atoms. The van der Waals surface area contributed by atoms with Crippen molar-refractivity contribution in [3.63, 3.8) is 0 Å². The highest BCUT2D eigenvalue weighted by molar-refractivity contribution is 7.09. The summed E-state index contributed by atoms with van der Waals surface area (Å²) in [6.45, 7) is 3.92. The first-order chi connectivity index (χ1) is 7.79. The van der Waals surface area contributed by atoms with Crippen LogP contribution >= 0.6 is 11.3 Å². The molecule has 0 amide bonds. The molecule has 90 valence electrons. The second kappa shape index (κ2) is 5.75. The molecule has 0 aromatic carbocycles. The Morgan fingerprint density at radius 1 is 1.56 bits per heavy atom. The van der Waals surface area contributed by atoms with Crippen LogP contribution < -0.4 is 5.32 Å². The summed E-state index contributed by atoms with van der Waals surface area (Å²) in [4.78, 5) is 4.57. The first-order valence-corrected chi connectivity index (χ1v) is 6.84. The Hall–Kier alpha value is -0.450. The zero-order valence-corrected chi connectivity index (χ0v) is 10.8. The molecule has 2 rings (SSSR count). The van der Waals surface area contributed by atoms with Gasteiger partial charge in [0, 0.05) is 18.6 Å². The molecule has 0 saturated carbocycles. The molecule has 1 atom stereocenters. The van der Waals surface area contributed by atoms with E-state index in [-0.39, 0.29) is 0 Å². The fourth-order valence-electron chi connectivity index (χ4n) is 2.24. The van der Waals surface area contributed by atoms with Gasteiger partial charge >= 0.3 is 0 Å². The minimum absolute atomic E-state index is 0.410. The number of hydrogen-bond donors (Lipinski definition) is 1. The van der Waals surface area contributed by atoms with Gasteiger partial charge in [-0.3, -0.25) is 0 Å². The Morgan fingerprint density at radius 3 is 2.88 bits per heavy atom. The zero-order valence-electron chi connectivity index (χ0n) is 10.0. The Kier molecular flexibility index (Phi) is 4.32.